The van der Waals surface area contributed by atoms with E-state index in [2.05, 4.69) is 0 Å². The highest BCUT2D eigenvalue weighted by molar-refractivity contribution is 5.93. The van der Waals surface area contributed by atoms with Gasteiger partial charge in [0, 0.05) is 13.2 Å². The molecule has 0 saturated heterocycles. The number of rotatable bonds is 4. The van der Waals surface area contributed by atoms with Crippen molar-refractivity contribution in [3.8, 4) is 0 Å². The van der Waals surface area contributed by atoms with Crippen LogP contribution in [0, 0.1) is 0 Å². The number of nitrogens with zero attached hydrogens (tertiary/aromatic N) is 2. The zero-order valence-electron chi connectivity index (χ0n) is 11.3. The standard InChI is InChI=1S/C12H16N2O5/c1-7(2)19-10(16)6-14-5-9(8(3)15)11(17)13(4)12(14)18/h5,7H,6H2,1-4H3. The van der Waals surface area contributed by atoms with Gasteiger partial charge in [-0.1, -0.05) is 0 Å². The zero-order valence-corrected chi connectivity index (χ0v) is 11.3. The molecule has 0 bridgehead atoms. The van der Waals surface area contributed by atoms with E-state index >= 15 is 0 Å². The fraction of sp³-hybridized carbons (Fsp3) is 0.500. The number of esters is 1. The largest absolute Gasteiger partial charge is 0.462 e. The van der Waals surface area contributed by atoms with Crippen molar-refractivity contribution >= 4 is 11.8 Å². The Labute approximate surface area is 109 Å². The highest BCUT2D eigenvalue weighted by Crippen LogP contribution is 1.94. The van der Waals surface area contributed by atoms with Crippen molar-refractivity contribution in [1.29, 1.82) is 0 Å². The molecule has 19 heavy (non-hydrogen) atoms. The van der Waals surface area contributed by atoms with Crippen molar-refractivity contribution in [1.82, 2.24) is 9.13 Å². The minimum Gasteiger partial charge on any atom is -0.462 e. The molecule has 0 saturated carbocycles. The fourth-order valence-corrected chi connectivity index (χ4v) is 1.52. The SMILES string of the molecule is CC(=O)c1cn(CC(=O)OC(C)C)c(=O)n(C)c1=O. The van der Waals surface area contributed by atoms with Crippen LogP contribution in [0.4, 0.5) is 0 Å². The minimum atomic E-state index is -0.675. The van der Waals surface area contributed by atoms with E-state index in [1.54, 1.807) is 13.8 Å². The van der Waals surface area contributed by atoms with Gasteiger partial charge in [0.05, 0.1) is 11.7 Å². The number of carbonyl (C=O) groups excluding carboxylic acids is 2. The number of aromatic nitrogens is 2. The first-order valence-corrected chi connectivity index (χ1v) is 5.75. The third-order valence-electron chi connectivity index (χ3n) is 2.40. The number of Topliss-reactive ketones (excluding diaryl/α,β-unsaturated/α-hetero) is 1. The monoisotopic (exact) mass is 268 g/mol. The molecule has 0 aliphatic carbocycles. The van der Waals surface area contributed by atoms with Crippen LogP contribution < -0.4 is 11.2 Å². The van der Waals surface area contributed by atoms with Gasteiger partial charge in [0.15, 0.2) is 5.78 Å². The van der Waals surface area contributed by atoms with Crippen LogP contribution in [-0.2, 0) is 23.1 Å². The molecule has 1 rings (SSSR count). The Bertz CT molecular complexity index is 624. The van der Waals surface area contributed by atoms with Crippen LogP contribution in [0.15, 0.2) is 15.8 Å². The molecule has 0 aromatic carbocycles. The van der Waals surface area contributed by atoms with Crippen LogP contribution >= 0.6 is 0 Å². The smallest absolute Gasteiger partial charge is 0.331 e. The first-order chi connectivity index (χ1) is 8.73. The number of ketones is 1. The summed E-state index contributed by atoms with van der Waals surface area (Å²) in [5, 5.41) is 0. The molecule has 7 nitrogen and oxygen atoms in total. The fourth-order valence-electron chi connectivity index (χ4n) is 1.52. The molecular formula is C12H16N2O5. The number of hydrogen-bond donors (Lipinski definition) is 0. The Morgan fingerprint density at radius 3 is 2.37 bits per heavy atom. The van der Waals surface area contributed by atoms with Gasteiger partial charge in [-0.05, 0) is 20.8 Å². The molecule has 0 radical (unpaired) electrons. The van der Waals surface area contributed by atoms with E-state index in [1.165, 1.54) is 14.0 Å². The molecule has 0 fully saturated rings. The van der Waals surface area contributed by atoms with Crippen molar-refractivity contribution in [3.05, 3.63) is 32.6 Å². The summed E-state index contributed by atoms with van der Waals surface area (Å²) in [5.74, 6) is -1.07. The average molecular weight is 268 g/mol. The summed E-state index contributed by atoms with van der Waals surface area (Å²) in [7, 11) is 1.25. The maximum atomic E-state index is 11.8. The number of ether oxygens (including phenoxy) is 1. The molecule has 0 spiro atoms. The highest BCUT2D eigenvalue weighted by atomic mass is 16.5. The molecule has 7 heteroatoms. The first-order valence-electron chi connectivity index (χ1n) is 5.75. The molecule has 1 aromatic rings. The highest BCUT2D eigenvalue weighted by Gasteiger charge is 2.15. The van der Waals surface area contributed by atoms with E-state index in [4.69, 9.17) is 4.74 Å². The van der Waals surface area contributed by atoms with Gasteiger partial charge >= 0.3 is 11.7 Å². The van der Waals surface area contributed by atoms with Crippen LogP contribution in [0.5, 0.6) is 0 Å². The molecule has 0 aliphatic rings. The molecule has 1 heterocycles. The van der Waals surface area contributed by atoms with E-state index in [0.717, 1.165) is 15.3 Å². The Morgan fingerprint density at radius 1 is 1.32 bits per heavy atom. The lowest BCUT2D eigenvalue weighted by Gasteiger charge is -2.11. The second-order valence-electron chi connectivity index (χ2n) is 4.41. The Kier molecular flexibility index (Phi) is 4.42. The van der Waals surface area contributed by atoms with Crippen molar-refractivity contribution in [3.63, 3.8) is 0 Å². The predicted octanol–water partition coefficient (Wildman–Crippen LogP) is -0.299. The van der Waals surface area contributed by atoms with Crippen molar-refractivity contribution in [2.45, 2.75) is 33.4 Å². The summed E-state index contributed by atoms with van der Waals surface area (Å²) in [6.45, 7) is 4.24. The summed E-state index contributed by atoms with van der Waals surface area (Å²) in [5.41, 5.74) is -1.49. The molecule has 0 N–H and O–H groups in total. The Morgan fingerprint density at radius 2 is 1.89 bits per heavy atom. The third-order valence-corrected chi connectivity index (χ3v) is 2.40. The Balaban J connectivity index is 3.23. The summed E-state index contributed by atoms with van der Waals surface area (Å²) in [4.78, 5) is 46.3. The number of carbonyl (C=O) groups is 2. The van der Waals surface area contributed by atoms with Crippen LogP contribution in [0.3, 0.4) is 0 Å². The van der Waals surface area contributed by atoms with Gasteiger partial charge in [0.2, 0.25) is 0 Å². The van der Waals surface area contributed by atoms with Gasteiger partial charge in [0.1, 0.15) is 6.54 Å². The van der Waals surface area contributed by atoms with Gasteiger partial charge in [0.25, 0.3) is 5.56 Å². The normalized spacial score (nSPS) is 10.6. The van der Waals surface area contributed by atoms with Gasteiger partial charge in [-0.2, -0.15) is 0 Å². The van der Waals surface area contributed by atoms with Crippen molar-refractivity contribution in [2.24, 2.45) is 7.05 Å². The summed E-state index contributed by atoms with van der Waals surface area (Å²) in [6, 6.07) is 0. The van der Waals surface area contributed by atoms with Crippen molar-refractivity contribution in [2.75, 3.05) is 0 Å². The molecular weight excluding hydrogens is 252 g/mol. The van der Waals surface area contributed by atoms with Gasteiger partial charge in [-0.25, -0.2) is 4.79 Å². The van der Waals surface area contributed by atoms with E-state index < -0.39 is 23.0 Å². The summed E-state index contributed by atoms with van der Waals surface area (Å²) in [6.07, 6.45) is 0.789. The van der Waals surface area contributed by atoms with Gasteiger partial charge < -0.3 is 4.74 Å². The molecule has 0 amide bonds. The maximum Gasteiger partial charge on any atom is 0.331 e. The quantitative estimate of drug-likeness (QED) is 0.552. The van der Waals surface area contributed by atoms with Gasteiger partial charge in [-0.3, -0.25) is 23.5 Å². The zero-order chi connectivity index (χ0) is 14.7. The lowest BCUT2D eigenvalue weighted by Crippen LogP contribution is -2.41. The van der Waals surface area contributed by atoms with Gasteiger partial charge in [-0.15, -0.1) is 0 Å². The lowest BCUT2D eigenvalue weighted by molar-refractivity contribution is -0.148. The van der Waals surface area contributed by atoms with E-state index in [-0.39, 0.29) is 18.2 Å². The van der Waals surface area contributed by atoms with Crippen LogP contribution in [0.1, 0.15) is 31.1 Å². The van der Waals surface area contributed by atoms with Crippen LogP contribution in [0.25, 0.3) is 0 Å². The average Bonchev–Trinajstić information content (AvgIpc) is 2.28. The van der Waals surface area contributed by atoms with Crippen LogP contribution in [-0.4, -0.2) is 27.0 Å². The molecule has 104 valence electrons. The third kappa shape index (κ3) is 3.40. The van der Waals surface area contributed by atoms with E-state index in [9.17, 15) is 19.2 Å². The van der Waals surface area contributed by atoms with E-state index in [1.807, 2.05) is 0 Å². The Hall–Kier alpha value is -2.18. The lowest BCUT2D eigenvalue weighted by atomic mass is 10.2. The summed E-state index contributed by atoms with van der Waals surface area (Å²) >= 11 is 0. The second-order valence-corrected chi connectivity index (χ2v) is 4.41. The minimum absolute atomic E-state index is 0.139. The molecule has 0 aliphatic heterocycles. The first kappa shape index (κ1) is 14.9. The van der Waals surface area contributed by atoms with Crippen molar-refractivity contribution < 1.29 is 14.3 Å². The summed E-state index contributed by atoms with van der Waals surface area (Å²) < 4.78 is 6.69. The predicted molar refractivity (Wildman–Crippen MR) is 67.2 cm³/mol. The van der Waals surface area contributed by atoms with E-state index in [0.29, 0.717) is 0 Å². The molecule has 0 unspecified atom stereocenters. The van der Waals surface area contributed by atoms with Crippen LogP contribution in [0.2, 0.25) is 0 Å². The second kappa shape index (κ2) is 5.64. The molecule has 0 atom stereocenters. The topological polar surface area (TPSA) is 87.4 Å². The maximum absolute atomic E-state index is 11.8. The number of hydrogen-bond acceptors (Lipinski definition) is 5. The molecule has 1 aromatic heterocycles.